The minimum atomic E-state index is -0.246. The molecule has 2 aliphatic rings. The summed E-state index contributed by atoms with van der Waals surface area (Å²) in [4.78, 5) is 16.9. The predicted octanol–water partition coefficient (Wildman–Crippen LogP) is 2.47. The van der Waals surface area contributed by atoms with E-state index in [0.717, 1.165) is 42.2 Å². The summed E-state index contributed by atoms with van der Waals surface area (Å²) in [5.41, 5.74) is 0.806. The first-order chi connectivity index (χ1) is 13.0. The molecule has 1 aromatic heterocycles. The van der Waals surface area contributed by atoms with Crippen molar-refractivity contribution in [3.63, 3.8) is 0 Å². The van der Waals surface area contributed by atoms with Gasteiger partial charge in [0.25, 0.3) is 0 Å². The number of hydrogen-bond acceptors (Lipinski definition) is 5. The summed E-state index contributed by atoms with van der Waals surface area (Å²) < 4.78 is 13.7. The average molecular weight is 370 g/mol. The van der Waals surface area contributed by atoms with Gasteiger partial charge in [0.05, 0.1) is 25.8 Å². The smallest absolute Gasteiger partial charge is 0.222 e. The molecule has 2 aliphatic heterocycles. The van der Waals surface area contributed by atoms with Crippen molar-refractivity contribution in [2.24, 2.45) is 0 Å². The van der Waals surface area contributed by atoms with E-state index in [1.54, 1.807) is 4.68 Å². The molecule has 0 aliphatic carbocycles. The molecule has 1 saturated heterocycles. The van der Waals surface area contributed by atoms with Crippen LogP contribution >= 0.6 is 0 Å². The molecule has 4 rings (SSSR count). The topological polar surface area (TPSA) is 78.3 Å². The summed E-state index contributed by atoms with van der Waals surface area (Å²) in [6.45, 7) is 5.70. The number of hydrogen-bond donors (Lipinski definition) is 1. The van der Waals surface area contributed by atoms with Gasteiger partial charge < -0.3 is 14.8 Å². The van der Waals surface area contributed by atoms with Crippen LogP contribution in [0, 0.1) is 13.8 Å². The minimum Gasteiger partial charge on any atom is -0.487 e. The molecule has 0 bridgehead atoms. The van der Waals surface area contributed by atoms with Crippen LogP contribution in [0.15, 0.2) is 24.3 Å². The van der Waals surface area contributed by atoms with Crippen molar-refractivity contribution in [1.82, 2.24) is 20.1 Å². The highest BCUT2D eigenvalue weighted by molar-refractivity contribution is 5.76. The number of para-hydroxylation sites is 1. The molecule has 0 radical (unpaired) electrons. The Morgan fingerprint density at radius 1 is 1.30 bits per heavy atom. The monoisotopic (exact) mass is 370 g/mol. The number of amides is 1. The first-order valence-electron chi connectivity index (χ1n) is 9.58. The van der Waals surface area contributed by atoms with Gasteiger partial charge in [0.2, 0.25) is 5.91 Å². The van der Waals surface area contributed by atoms with Gasteiger partial charge in [-0.25, -0.2) is 9.67 Å². The lowest BCUT2D eigenvalue weighted by atomic mass is 9.82. The van der Waals surface area contributed by atoms with E-state index in [4.69, 9.17) is 9.47 Å². The van der Waals surface area contributed by atoms with Crippen LogP contribution < -0.4 is 10.1 Å². The molecule has 1 amide bonds. The number of aryl methyl sites for hydroxylation is 3. The average Bonchev–Trinajstić information content (AvgIpc) is 2.98. The number of benzene rings is 1. The highest BCUT2D eigenvalue weighted by atomic mass is 16.5. The molecule has 7 heteroatoms. The van der Waals surface area contributed by atoms with E-state index < -0.39 is 0 Å². The molecule has 3 heterocycles. The van der Waals surface area contributed by atoms with Crippen molar-refractivity contribution >= 4 is 5.91 Å². The van der Waals surface area contributed by atoms with E-state index in [0.29, 0.717) is 26.2 Å². The summed E-state index contributed by atoms with van der Waals surface area (Å²) in [6, 6.07) is 7.96. The SMILES string of the molecule is Cc1nc(C)n(CCC(=O)N[C@@H]2CC3(CCOCC3)Oc3ccccc32)n1. The van der Waals surface area contributed by atoms with E-state index in [1.165, 1.54) is 0 Å². The molecule has 1 N–H and O–H groups in total. The molecule has 1 aromatic carbocycles. The predicted molar refractivity (Wildman–Crippen MR) is 99.5 cm³/mol. The zero-order valence-electron chi connectivity index (χ0n) is 15.9. The highest BCUT2D eigenvalue weighted by Crippen LogP contribution is 2.43. The van der Waals surface area contributed by atoms with E-state index in [1.807, 2.05) is 38.1 Å². The fourth-order valence-electron chi connectivity index (χ4n) is 4.04. The van der Waals surface area contributed by atoms with Gasteiger partial charge in [-0.3, -0.25) is 4.79 Å². The Morgan fingerprint density at radius 2 is 2.07 bits per heavy atom. The van der Waals surface area contributed by atoms with Crippen molar-refractivity contribution in [1.29, 1.82) is 0 Å². The van der Waals surface area contributed by atoms with Gasteiger partial charge in [-0.05, 0) is 19.9 Å². The molecule has 1 atom stereocenters. The zero-order valence-corrected chi connectivity index (χ0v) is 15.9. The number of fused-ring (bicyclic) bond motifs is 1. The van der Waals surface area contributed by atoms with Gasteiger partial charge in [-0.2, -0.15) is 5.10 Å². The number of rotatable bonds is 4. The zero-order chi connectivity index (χ0) is 18.9. The van der Waals surface area contributed by atoms with Crippen molar-refractivity contribution in [2.75, 3.05) is 13.2 Å². The molecule has 2 aromatic rings. The van der Waals surface area contributed by atoms with Crippen LogP contribution in [0.4, 0.5) is 0 Å². The second-order valence-corrected chi connectivity index (χ2v) is 7.44. The molecule has 7 nitrogen and oxygen atoms in total. The maximum Gasteiger partial charge on any atom is 0.222 e. The molecular formula is C20H26N4O3. The van der Waals surface area contributed by atoms with E-state index in [2.05, 4.69) is 15.4 Å². The van der Waals surface area contributed by atoms with Crippen molar-refractivity contribution in [2.45, 2.75) is 57.7 Å². The first-order valence-corrected chi connectivity index (χ1v) is 9.58. The summed E-state index contributed by atoms with van der Waals surface area (Å²) in [5.74, 6) is 2.45. The largest absolute Gasteiger partial charge is 0.487 e. The summed E-state index contributed by atoms with van der Waals surface area (Å²) in [5, 5.41) is 7.55. The number of nitrogens with one attached hydrogen (secondary N) is 1. The Balaban J connectivity index is 1.46. The molecule has 144 valence electrons. The van der Waals surface area contributed by atoms with E-state index in [9.17, 15) is 4.79 Å². The van der Waals surface area contributed by atoms with Gasteiger partial charge in [-0.15, -0.1) is 0 Å². The summed E-state index contributed by atoms with van der Waals surface area (Å²) in [7, 11) is 0. The fraction of sp³-hybridized carbons (Fsp3) is 0.550. The molecule has 0 saturated carbocycles. The van der Waals surface area contributed by atoms with Crippen LogP contribution in [0.5, 0.6) is 5.75 Å². The molecule has 27 heavy (non-hydrogen) atoms. The third kappa shape index (κ3) is 3.83. The summed E-state index contributed by atoms with van der Waals surface area (Å²) >= 11 is 0. The number of ether oxygens (including phenoxy) is 2. The normalized spacial score (nSPS) is 20.7. The molecule has 1 fully saturated rings. The molecule has 1 spiro atoms. The highest BCUT2D eigenvalue weighted by Gasteiger charge is 2.42. The van der Waals surface area contributed by atoms with E-state index >= 15 is 0 Å². The van der Waals surface area contributed by atoms with Crippen molar-refractivity contribution < 1.29 is 14.3 Å². The second-order valence-electron chi connectivity index (χ2n) is 7.44. The van der Waals surface area contributed by atoms with Gasteiger partial charge in [0.15, 0.2) is 0 Å². The van der Waals surface area contributed by atoms with Gasteiger partial charge >= 0.3 is 0 Å². The van der Waals surface area contributed by atoms with Crippen LogP contribution in [0.3, 0.4) is 0 Å². The number of carbonyl (C=O) groups excluding carboxylic acids is 1. The van der Waals surface area contributed by atoms with E-state index in [-0.39, 0.29) is 17.6 Å². The third-order valence-electron chi connectivity index (χ3n) is 5.45. The first kappa shape index (κ1) is 18.0. The number of nitrogens with zero attached hydrogens (tertiary/aromatic N) is 3. The minimum absolute atomic E-state index is 0.0199. The quantitative estimate of drug-likeness (QED) is 0.895. The van der Waals surface area contributed by atoms with Crippen LogP contribution in [-0.4, -0.2) is 39.5 Å². The Hall–Kier alpha value is -2.41. The lowest BCUT2D eigenvalue weighted by Gasteiger charge is -2.44. The second kappa shape index (κ2) is 7.31. The maximum absolute atomic E-state index is 12.6. The standard InChI is InChI=1S/C20H26N4O3/c1-14-21-15(2)24(23-14)10-7-19(25)22-17-13-20(8-11-26-12-9-20)27-18-6-4-3-5-16(17)18/h3-6,17H,7-13H2,1-2H3,(H,22,25)/t17-/m1/s1. The lowest BCUT2D eigenvalue weighted by Crippen LogP contribution is -2.48. The van der Waals surface area contributed by atoms with Crippen molar-refractivity contribution in [3.05, 3.63) is 41.5 Å². The van der Waals surface area contributed by atoms with Gasteiger partial charge in [-0.1, -0.05) is 18.2 Å². The lowest BCUT2D eigenvalue weighted by molar-refractivity contribution is -0.123. The Bertz CT molecular complexity index is 826. The van der Waals surface area contributed by atoms with Crippen LogP contribution in [0.1, 0.15) is 48.9 Å². The Kier molecular flexibility index (Phi) is 4.86. The van der Waals surface area contributed by atoms with Crippen molar-refractivity contribution in [3.8, 4) is 5.75 Å². The molecular weight excluding hydrogens is 344 g/mol. The fourth-order valence-corrected chi connectivity index (χ4v) is 4.04. The molecule has 0 unspecified atom stereocenters. The van der Waals surface area contributed by atoms with Gasteiger partial charge in [0, 0.05) is 31.2 Å². The Morgan fingerprint density at radius 3 is 2.81 bits per heavy atom. The maximum atomic E-state index is 12.6. The number of aromatic nitrogens is 3. The third-order valence-corrected chi connectivity index (χ3v) is 5.45. The number of carbonyl (C=O) groups is 1. The Labute approximate surface area is 159 Å². The van der Waals surface area contributed by atoms with Crippen LogP contribution in [0.25, 0.3) is 0 Å². The van der Waals surface area contributed by atoms with Crippen LogP contribution in [0.2, 0.25) is 0 Å². The van der Waals surface area contributed by atoms with Crippen LogP contribution in [-0.2, 0) is 16.1 Å². The summed E-state index contributed by atoms with van der Waals surface area (Å²) in [6.07, 6.45) is 2.86. The van der Waals surface area contributed by atoms with Gasteiger partial charge in [0.1, 0.15) is 23.0 Å².